The van der Waals surface area contributed by atoms with Crippen LogP contribution in [0.4, 0.5) is 11.6 Å². The maximum absolute atomic E-state index is 11.3. The van der Waals surface area contributed by atoms with Crippen LogP contribution >= 0.6 is 0 Å². The molecule has 1 unspecified atom stereocenters. The molecule has 1 aliphatic heterocycles. The van der Waals surface area contributed by atoms with Gasteiger partial charge in [-0.25, -0.2) is 9.97 Å². The molecule has 1 fully saturated rings. The number of hydrogen-bond acceptors (Lipinski definition) is 5. The predicted molar refractivity (Wildman–Crippen MR) is 74.7 cm³/mol. The van der Waals surface area contributed by atoms with Gasteiger partial charge in [0.15, 0.2) is 0 Å². The quantitative estimate of drug-likeness (QED) is 0.843. The maximum Gasteiger partial charge on any atom is 0.222 e. The molecule has 0 aliphatic carbocycles. The molecule has 19 heavy (non-hydrogen) atoms. The number of nitrogen functional groups attached to an aromatic ring is 1. The zero-order chi connectivity index (χ0) is 14.0. The van der Waals surface area contributed by atoms with E-state index < -0.39 is 0 Å². The van der Waals surface area contributed by atoms with E-state index in [-0.39, 0.29) is 17.7 Å². The van der Waals surface area contributed by atoms with Gasteiger partial charge in [0, 0.05) is 25.1 Å². The molecule has 6 nitrogen and oxygen atoms in total. The van der Waals surface area contributed by atoms with Crippen LogP contribution in [0.15, 0.2) is 6.07 Å². The van der Waals surface area contributed by atoms with Crippen LogP contribution in [0.25, 0.3) is 0 Å². The first-order valence-corrected chi connectivity index (χ1v) is 6.66. The standard InChI is InChI=1S/C13H21N5O/c1-8(2)13-16-10(14)6-11(17-13)18-5-3-4-9(7-18)12(15)19/h6,8-9H,3-5,7H2,1-2H3,(H2,15,19)(H2,14,16,17). The second kappa shape index (κ2) is 5.42. The minimum Gasteiger partial charge on any atom is -0.384 e. The second-order valence-electron chi connectivity index (χ2n) is 5.35. The van der Waals surface area contributed by atoms with Crippen LogP contribution in [0.2, 0.25) is 0 Å². The zero-order valence-electron chi connectivity index (χ0n) is 11.5. The topological polar surface area (TPSA) is 98.1 Å². The molecule has 0 spiro atoms. The number of amides is 1. The second-order valence-corrected chi connectivity index (χ2v) is 5.35. The number of hydrogen-bond donors (Lipinski definition) is 2. The number of carbonyl (C=O) groups is 1. The average Bonchev–Trinajstić information content (AvgIpc) is 2.38. The van der Waals surface area contributed by atoms with Crippen molar-refractivity contribution in [3.05, 3.63) is 11.9 Å². The Kier molecular flexibility index (Phi) is 3.87. The van der Waals surface area contributed by atoms with E-state index in [1.165, 1.54) is 0 Å². The predicted octanol–water partition coefficient (Wildman–Crippen LogP) is 0.884. The summed E-state index contributed by atoms with van der Waals surface area (Å²) in [5.74, 6) is 1.87. The molecule has 0 aromatic carbocycles. The van der Waals surface area contributed by atoms with Gasteiger partial charge in [0.1, 0.15) is 17.5 Å². The van der Waals surface area contributed by atoms with E-state index in [0.29, 0.717) is 12.4 Å². The molecule has 0 saturated carbocycles. The van der Waals surface area contributed by atoms with Crippen molar-refractivity contribution in [1.29, 1.82) is 0 Å². The molecule has 4 N–H and O–H groups in total. The normalized spacial score (nSPS) is 19.7. The van der Waals surface area contributed by atoms with Gasteiger partial charge in [0.05, 0.1) is 5.92 Å². The fourth-order valence-electron chi connectivity index (χ4n) is 2.31. The van der Waals surface area contributed by atoms with Gasteiger partial charge in [-0.05, 0) is 12.8 Å². The van der Waals surface area contributed by atoms with Gasteiger partial charge in [0.25, 0.3) is 0 Å². The third-order valence-corrected chi connectivity index (χ3v) is 3.41. The fourth-order valence-corrected chi connectivity index (χ4v) is 2.31. The van der Waals surface area contributed by atoms with Crippen LogP contribution in [0.3, 0.4) is 0 Å². The smallest absolute Gasteiger partial charge is 0.222 e. The monoisotopic (exact) mass is 263 g/mol. The number of primary amides is 1. The lowest BCUT2D eigenvalue weighted by Gasteiger charge is -2.32. The Morgan fingerprint density at radius 1 is 1.47 bits per heavy atom. The largest absolute Gasteiger partial charge is 0.384 e. The summed E-state index contributed by atoms with van der Waals surface area (Å²) in [6, 6.07) is 1.76. The van der Waals surface area contributed by atoms with E-state index in [1.54, 1.807) is 6.07 Å². The van der Waals surface area contributed by atoms with Gasteiger partial charge in [-0.2, -0.15) is 0 Å². The summed E-state index contributed by atoms with van der Waals surface area (Å²) in [6.45, 7) is 5.54. The third-order valence-electron chi connectivity index (χ3n) is 3.41. The highest BCUT2D eigenvalue weighted by molar-refractivity contribution is 5.77. The molecule has 0 radical (unpaired) electrons. The summed E-state index contributed by atoms with van der Waals surface area (Å²) in [5.41, 5.74) is 11.2. The van der Waals surface area contributed by atoms with Crippen molar-refractivity contribution in [1.82, 2.24) is 9.97 Å². The summed E-state index contributed by atoms with van der Waals surface area (Å²) >= 11 is 0. The van der Waals surface area contributed by atoms with Crippen LogP contribution in [0.1, 0.15) is 38.4 Å². The fraction of sp³-hybridized carbons (Fsp3) is 0.615. The number of nitrogens with two attached hydrogens (primary N) is 2. The lowest BCUT2D eigenvalue weighted by atomic mass is 9.97. The number of carbonyl (C=O) groups excluding carboxylic acids is 1. The minimum atomic E-state index is -0.240. The van der Waals surface area contributed by atoms with Gasteiger partial charge in [-0.3, -0.25) is 4.79 Å². The van der Waals surface area contributed by atoms with Crippen LogP contribution in [0, 0.1) is 5.92 Å². The first kappa shape index (κ1) is 13.6. The number of aromatic nitrogens is 2. The highest BCUT2D eigenvalue weighted by atomic mass is 16.1. The molecule has 6 heteroatoms. The van der Waals surface area contributed by atoms with Crippen LogP contribution in [-0.2, 0) is 4.79 Å². The van der Waals surface area contributed by atoms with Crippen molar-refractivity contribution in [3.63, 3.8) is 0 Å². The molecule has 104 valence electrons. The van der Waals surface area contributed by atoms with Crippen LogP contribution < -0.4 is 16.4 Å². The van der Waals surface area contributed by atoms with Gasteiger partial charge in [-0.15, -0.1) is 0 Å². The van der Waals surface area contributed by atoms with E-state index in [1.807, 2.05) is 13.8 Å². The highest BCUT2D eigenvalue weighted by Crippen LogP contribution is 2.24. The molecule has 2 heterocycles. The Bertz CT molecular complexity index is 474. The Hall–Kier alpha value is -1.85. The molecule has 0 bridgehead atoms. The molecular weight excluding hydrogens is 242 g/mol. The zero-order valence-corrected chi connectivity index (χ0v) is 11.5. The molecule has 2 rings (SSSR count). The highest BCUT2D eigenvalue weighted by Gasteiger charge is 2.25. The van der Waals surface area contributed by atoms with E-state index in [0.717, 1.165) is 31.0 Å². The molecule has 1 saturated heterocycles. The van der Waals surface area contributed by atoms with Crippen LogP contribution in [-0.4, -0.2) is 29.0 Å². The first-order valence-electron chi connectivity index (χ1n) is 6.66. The summed E-state index contributed by atoms with van der Waals surface area (Å²) in [7, 11) is 0. The van der Waals surface area contributed by atoms with Crippen molar-refractivity contribution in [3.8, 4) is 0 Å². The van der Waals surface area contributed by atoms with Gasteiger partial charge < -0.3 is 16.4 Å². The molecule has 1 atom stereocenters. The van der Waals surface area contributed by atoms with E-state index in [2.05, 4.69) is 14.9 Å². The minimum absolute atomic E-state index is 0.104. The van der Waals surface area contributed by atoms with Crippen molar-refractivity contribution in [2.75, 3.05) is 23.7 Å². The van der Waals surface area contributed by atoms with Gasteiger partial charge in [-0.1, -0.05) is 13.8 Å². The molecular formula is C13H21N5O. The van der Waals surface area contributed by atoms with Gasteiger partial charge >= 0.3 is 0 Å². The van der Waals surface area contributed by atoms with E-state index >= 15 is 0 Å². The van der Waals surface area contributed by atoms with Crippen molar-refractivity contribution in [2.24, 2.45) is 11.7 Å². The SMILES string of the molecule is CC(C)c1nc(N)cc(N2CCCC(C(N)=O)C2)n1. The summed E-state index contributed by atoms with van der Waals surface area (Å²) in [6.07, 6.45) is 1.79. The molecule has 1 aromatic rings. The number of nitrogens with zero attached hydrogens (tertiary/aromatic N) is 3. The Balaban J connectivity index is 2.23. The van der Waals surface area contributed by atoms with E-state index in [9.17, 15) is 4.79 Å². The van der Waals surface area contributed by atoms with Gasteiger partial charge in [0.2, 0.25) is 5.91 Å². The molecule has 1 amide bonds. The number of rotatable bonds is 3. The van der Waals surface area contributed by atoms with Crippen molar-refractivity contribution in [2.45, 2.75) is 32.6 Å². The van der Waals surface area contributed by atoms with Crippen LogP contribution in [0.5, 0.6) is 0 Å². The Labute approximate surface area is 113 Å². The third kappa shape index (κ3) is 3.13. The Morgan fingerprint density at radius 3 is 2.84 bits per heavy atom. The lowest BCUT2D eigenvalue weighted by molar-refractivity contribution is -0.122. The maximum atomic E-state index is 11.3. The Morgan fingerprint density at radius 2 is 2.21 bits per heavy atom. The van der Waals surface area contributed by atoms with E-state index in [4.69, 9.17) is 11.5 Å². The molecule has 1 aromatic heterocycles. The first-order chi connectivity index (χ1) is 8.97. The summed E-state index contributed by atoms with van der Waals surface area (Å²) < 4.78 is 0. The molecule has 1 aliphatic rings. The average molecular weight is 263 g/mol. The lowest BCUT2D eigenvalue weighted by Crippen LogP contribution is -2.41. The van der Waals surface area contributed by atoms with Crippen molar-refractivity contribution >= 4 is 17.5 Å². The number of piperidine rings is 1. The number of anilines is 2. The summed E-state index contributed by atoms with van der Waals surface area (Å²) in [5, 5.41) is 0. The van der Waals surface area contributed by atoms with Crippen molar-refractivity contribution < 1.29 is 4.79 Å². The summed E-state index contributed by atoms with van der Waals surface area (Å²) in [4.78, 5) is 22.1.